The largest absolute Gasteiger partial charge is 0.480 e. The molecule has 1 aromatic rings. The first-order valence-corrected chi connectivity index (χ1v) is 18.9. The third-order valence-electron chi connectivity index (χ3n) is 8.44. The average molecular weight is 1060 g/mol. The van der Waals surface area contributed by atoms with Crippen molar-refractivity contribution in [2.75, 3.05) is 99.4 Å². The molecule has 1 aromatic carbocycles. The molecule has 368 valence electrons. The van der Waals surface area contributed by atoms with Crippen LogP contribution in [0.25, 0.3) is 0 Å². The number of rotatable bonds is 32. The van der Waals surface area contributed by atoms with Crippen molar-refractivity contribution in [2.24, 2.45) is 0 Å². The van der Waals surface area contributed by atoms with Crippen LogP contribution in [0.1, 0.15) is 5.56 Å². The second-order valence-corrected chi connectivity index (χ2v) is 13.6. The predicted molar refractivity (Wildman–Crippen MR) is 213 cm³/mol. The van der Waals surface area contributed by atoms with Crippen LogP contribution in [0.15, 0.2) is 30.3 Å². The molecule has 0 aromatic heterocycles. The standard InChI is InChI=1S/C22H31N3O11.2C7H17NO5.Gd/c26-18(27)10-23(6-7-24(11-19(28)29)12-20(30)31)8-9-25(13-21(32)33)17(22(34)35)15-36-14-16-4-2-1-3-5-16;2*1-8-2-4(10)6(12)7(13)5(11)3-9;/h1-5,17H,6-15H2,(H,26,27)(H,28,29)(H,30,31)(H,32,33)(H,34,35);2*4-13H,2-3H2,1H3;. The molecule has 0 saturated heterocycles. The van der Waals surface area contributed by atoms with Gasteiger partial charge in [0.2, 0.25) is 0 Å². The summed E-state index contributed by atoms with van der Waals surface area (Å²) in [6.07, 6.45) is -11.3. The molecule has 9 unspecified atom stereocenters. The Kier molecular flexibility index (Phi) is 38.4. The van der Waals surface area contributed by atoms with Gasteiger partial charge in [-0.05, 0) is 19.7 Å². The van der Waals surface area contributed by atoms with Crippen molar-refractivity contribution in [1.29, 1.82) is 0 Å². The molecule has 27 heteroatoms. The summed E-state index contributed by atoms with van der Waals surface area (Å²) in [5.74, 6) is -6.34. The topological polar surface area (TPSA) is 432 Å². The van der Waals surface area contributed by atoms with Crippen molar-refractivity contribution in [2.45, 2.75) is 61.5 Å². The van der Waals surface area contributed by atoms with Gasteiger partial charge in [0.05, 0.1) is 64.8 Å². The van der Waals surface area contributed by atoms with Gasteiger partial charge in [0.1, 0.15) is 42.7 Å². The number of hydrogen-bond acceptors (Lipinski definition) is 21. The number of aliphatic hydroxyl groups excluding tert-OH is 10. The molecule has 9 atom stereocenters. The van der Waals surface area contributed by atoms with Crippen LogP contribution in [0.4, 0.5) is 0 Å². The Morgan fingerprint density at radius 3 is 1.29 bits per heavy atom. The molecule has 0 amide bonds. The summed E-state index contributed by atoms with van der Waals surface area (Å²) in [5.41, 5.74) is 0.798. The average Bonchev–Trinajstić information content (AvgIpc) is 3.21. The third-order valence-corrected chi connectivity index (χ3v) is 8.44. The summed E-state index contributed by atoms with van der Waals surface area (Å²) in [7, 11) is 3.15. The van der Waals surface area contributed by atoms with Crippen LogP contribution in [0.3, 0.4) is 0 Å². The van der Waals surface area contributed by atoms with Gasteiger partial charge in [-0.2, -0.15) is 0 Å². The molecule has 0 spiro atoms. The molecule has 0 aliphatic carbocycles. The van der Waals surface area contributed by atoms with E-state index in [1.807, 2.05) is 6.07 Å². The van der Waals surface area contributed by atoms with E-state index in [1.165, 1.54) is 4.90 Å². The Morgan fingerprint density at radius 1 is 0.556 bits per heavy atom. The summed E-state index contributed by atoms with van der Waals surface area (Å²) >= 11 is 0. The number of carboxylic acid groups (broad SMARTS) is 5. The van der Waals surface area contributed by atoms with Crippen molar-refractivity contribution in [1.82, 2.24) is 25.3 Å². The van der Waals surface area contributed by atoms with Crippen LogP contribution < -0.4 is 10.6 Å². The van der Waals surface area contributed by atoms with Crippen molar-refractivity contribution < 1.29 is 145 Å². The van der Waals surface area contributed by atoms with Crippen molar-refractivity contribution in [3.8, 4) is 0 Å². The summed E-state index contributed by atoms with van der Waals surface area (Å²) < 4.78 is 5.49. The molecule has 0 heterocycles. The van der Waals surface area contributed by atoms with E-state index < -0.39 is 124 Å². The number of aliphatic carboxylic acids is 5. The zero-order valence-corrected chi connectivity index (χ0v) is 37.1. The minimum absolute atomic E-state index is 0. The van der Waals surface area contributed by atoms with Gasteiger partial charge in [-0.3, -0.25) is 38.7 Å². The number of ether oxygens (including phenoxy) is 1. The Balaban J connectivity index is -0.00000109. The Hall–Kier alpha value is -2.75. The van der Waals surface area contributed by atoms with Gasteiger partial charge in [-0.15, -0.1) is 0 Å². The molecular formula is C36H65GdN5O21. The first-order chi connectivity index (χ1) is 29.1. The number of hydrogen-bond donors (Lipinski definition) is 17. The van der Waals surface area contributed by atoms with Gasteiger partial charge < -0.3 is 92.0 Å². The number of nitrogens with zero attached hydrogens (tertiary/aromatic N) is 3. The number of likely N-dealkylation sites (N-methyl/N-ethyl adjacent to an activating group) is 2. The first-order valence-electron chi connectivity index (χ1n) is 18.9. The van der Waals surface area contributed by atoms with E-state index in [9.17, 15) is 49.5 Å². The zero-order chi connectivity index (χ0) is 47.9. The molecule has 0 fully saturated rings. The van der Waals surface area contributed by atoms with Gasteiger partial charge >= 0.3 is 29.8 Å². The molecule has 1 rings (SSSR count). The molecular weight excluding hydrogens is 996 g/mol. The maximum atomic E-state index is 11.9. The van der Waals surface area contributed by atoms with Crippen LogP contribution in [0.5, 0.6) is 0 Å². The Morgan fingerprint density at radius 2 is 0.921 bits per heavy atom. The molecule has 63 heavy (non-hydrogen) atoms. The second-order valence-electron chi connectivity index (χ2n) is 13.6. The quantitative estimate of drug-likeness (QED) is 0.0319. The third kappa shape index (κ3) is 30.9. The maximum absolute atomic E-state index is 11.9. The first kappa shape index (κ1) is 64.5. The fourth-order valence-electron chi connectivity index (χ4n) is 5.11. The normalized spacial score (nSPS) is 15.5. The maximum Gasteiger partial charge on any atom is 0.323 e. The smallest absolute Gasteiger partial charge is 0.323 e. The fraction of sp³-hybridized carbons (Fsp3) is 0.694. The number of carbonyl (C=O) groups is 5. The molecule has 0 aliphatic rings. The molecule has 0 aliphatic heterocycles. The second kappa shape index (κ2) is 37.5. The Bertz CT molecular complexity index is 1350. The number of benzene rings is 1. The van der Waals surface area contributed by atoms with Crippen molar-refractivity contribution in [3.63, 3.8) is 0 Å². The van der Waals surface area contributed by atoms with Crippen LogP contribution in [0.2, 0.25) is 0 Å². The van der Waals surface area contributed by atoms with Gasteiger partial charge in [0.25, 0.3) is 0 Å². The van der Waals surface area contributed by atoms with E-state index in [0.29, 0.717) is 0 Å². The van der Waals surface area contributed by atoms with E-state index in [1.54, 1.807) is 38.4 Å². The summed E-state index contributed by atoms with van der Waals surface area (Å²) in [4.78, 5) is 60.1. The summed E-state index contributed by atoms with van der Waals surface area (Å²) in [5, 5.41) is 141. The Labute approximate surface area is 395 Å². The van der Waals surface area contributed by atoms with Crippen molar-refractivity contribution in [3.05, 3.63) is 35.9 Å². The SMILES string of the molecule is CNCC(O)C(O)C(O)C(O)CO.CNCC(O)C(O)C(O)C(O)CO.O=C(O)CN(CCN(CC(=O)O)CC(=O)O)CCN(CC(=O)O)C(COCc1ccccc1)C(=O)O.[Gd]. The van der Waals surface area contributed by atoms with Crippen LogP contribution >= 0.6 is 0 Å². The van der Waals surface area contributed by atoms with Gasteiger partial charge in [0.15, 0.2) is 0 Å². The van der Waals surface area contributed by atoms with Crippen LogP contribution in [-0.2, 0) is 35.3 Å². The zero-order valence-electron chi connectivity index (χ0n) is 34.8. The predicted octanol–water partition coefficient (Wildman–Crippen LogP) is -7.82. The number of carboxylic acids is 5. The minimum atomic E-state index is -1.55. The van der Waals surface area contributed by atoms with E-state index in [-0.39, 0.29) is 92.4 Å². The van der Waals surface area contributed by atoms with Gasteiger partial charge in [0, 0.05) is 79.2 Å². The van der Waals surface area contributed by atoms with E-state index >= 15 is 0 Å². The molecule has 0 bridgehead atoms. The number of aliphatic hydroxyl groups is 10. The minimum Gasteiger partial charge on any atom is -0.480 e. The number of nitrogens with one attached hydrogen (secondary N) is 2. The fourth-order valence-corrected chi connectivity index (χ4v) is 5.11. The monoisotopic (exact) mass is 1060 g/mol. The van der Waals surface area contributed by atoms with Crippen LogP contribution in [-0.4, -0.2) is 275 Å². The summed E-state index contributed by atoms with van der Waals surface area (Å²) in [6, 6.07) is 7.62. The van der Waals surface area contributed by atoms with Crippen LogP contribution in [0, 0.1) is 39.9 Å². The van der Waals surface area contributed by atoms with Gasteiger partial charge in [-0.25, -0.2) is 0 Å². The molecule has 26 nitrogen and oxygen atoms in total. The van der Waals surface area contributed by atoms with E-state index in [4.69, 9.17) is 55.8 Å². The van der Waals surface area contributed by atoms with E-state index in [0.717, 1.165) is 15.4 Å². The van der Waals surface area contributed by atoms with Gasteiger partial charge in [-0.1, -0.05) is 30.3 Å². The molecule has 17 N–H and O–H groups in total. The summed E-state index contributed by atoms with van der Waals surface area (Å²) in [6.45, 7) is -3.99. The molecule has 0 saturated carbocycles. The van der Waals surface area contributed by atoms with Crippen molar-refractivity contribution >= 4 is 29.8 Å². The van der Waals surface area contributed by atoms with E-state index in [2.05, 4.69) is 10.6 Å². The molecule has 0 radical (unpaired) electrons.